The van der Waals surface area contributed by atoms with E-state index in [4.69, 9.17) is 10.2 Å². The number of hydrogen-bond acceptors (Lipinski definition) is 3. The van der Waals surface area contributed by atoms with E-state index in [1.165, 1.54) is 6.26 Å². The molecule has 3 nitrogen and oxygen atoms in total. The van der Waals surface area contributed by atoms with Gasteiger partial charge in [-0.3, -0.25) is 4.79 Å². The van der Waals surface area contributed by atoms with Crippen molar-refractivity contribution in [3.8, 4) is 0 Å². The maximum atomic E-state index is 11.9. The molecule has 1 aromatic heterocycles. The van der Waals surface area contributed by atoms with Crippen molar-refractivity contribution in [1.82, 2.24) is 0 Å². The zero-order valence-electron chi connectivity index (χ0n) is 9.27. The lowest BCUT2D eigenvalue weighted by Crippen LogP contribution is -2.16. The number of carbonyl (C=O) groups is 1. The molecule has 0 amide bonds. The predicted octanol–water partition coefficient (Wildman–Crippen LogP) is 2.74. The second kappa shape index (κ2) is 4.49. The van der Waals surface area contributed by atoms with Gasteiger partial charge in [0, 0.05) is 17.8 Å². The van der Waals surface area contributed by atoms with Crippen molar-refractivity contribution < 1.29 is 9.21 Å². The van der Waals surface area contributed by atoms with Gasteiger partial charge < -0.3 is 10.2 Å². The second-order valence-corrected chi connectivity index (χ2v) is 4.08. The zero-order chi connectivity index (χ0) is 11.5. The van der Waals surface area contributed by atoms with E-state index in [1.54, 1.807) is 0 Å². The number of ketones is 1. The van der Waals surface area contributed by atoms with Gasteiger partial charge in [0.05, 0.1) is 5.56 Å². The summed E-state index contributed by atoms with van der Waals surface area (Å²) in [6.45, 7) is 1.90. The van der Waals surface area contributed by atoms with Gasteiger partial charge in [0.25, 0.3) is 0 Å². The molecule has 1 heterocycles. The number of nitrogens with two attached hydrogens (primary N) is 1. The molecule has 0 saturated heterocycles. The summed E-state index contributed by atoms with van der Waals surface area (Å²) in [5.74, 6) is 0.0993. The maximum Gasteiger partial charge on any atom is 0.166 e. The largest absolute Gasteiger partial charge is 0.464 e. The van der Waals surface area contributed by atoms with Crippen molar-refractivity contribution in [3.63, 3.8) is 0 Å². The normalized spacial score (nSPS) is 12.9. The molecule has 0 aliphatic carbocycles. The van der Waals surface area contributed by atoms with Crippen LogP contribution in [-0.4, -0.2) is 11.8 Å². The van der Waals surface area contributed by atoms with Crippen LogP contribution in [0.4, 0.5) is 0 Å². The van der Waals surface area contributed by atoms with E-state index in [-0.39, 0.29) is 11.8 Å². The van der Waals surface area contributed by atoms with Crippen molar-refractivity contribution in [2.45, 2.75) is 25.8 Å². The molecule has 0 aliphatic rings. The van der Waals surface area contributed by atoms with Gasteiger partial charge in [-0.05, 0) is 19.4 Å². The topological polar surface area (TPSA) is 56.2 Å². The first-order chi connectivity index (χ1) is 7.68. The highest BCUT2D eigenvalue weighted by molar-refractivity contribution is 6.07. The molecule has 1 atom stereocenters. The summed E-state index contributed by atoms with van der Waals surface area (Å²) in [5.41, 5.74) is 7.05. The van der Waals surface area contributed by atoms with Gasteiger partial charge >= 0.3 is 0 Å². The Balaban J connectivity index is 2.23. The van der Waals surface area contributed by atoms with E-state index < -0.39 is 0 Å². The molecule has 0 spiro atoms. The Hall–Kier alpha value is -1.61. The minimum atomic E-state index is 0.0575. The Morgan fingerprint density at radius 3 is 2.94 bits per heavy atom. The van der Waals surface area contributed by atoms with Crippen molar-refractivity contribution in [1.29, 1.82) is 0 Å². The highest BCUT2D eigenvalue weighted by Crippen LogP contribution is 2.22. The van der Waals surface area contributed by atoms with Gasteiger partial charge in [0.2, 0.25) is 0 Å². The fourth-order valence-corrected chi connectivity index (χ4v) is 1.69. The van der Waals surface area contributed by atoms with Gasteiger partial charge in [0.15, 0.2) is 5.78 Å². The molecular formula is C13H15NO2. The van der Waals surface area contributed by atoms with E-state index in [9.17, 15) is 4.79 Å². The predicted molar refractivity (Wildman–Crippen MR) is 63.4 cm³/mol. The van der Waals surface area contributed by atoms with E-state index >= 15 is 0 Å². The number of rotatable bonds is 4. The van der Waals surface area contributed by atoms with Gasteiger partial charge in [-0.25, -0.2) is 0 Å². The minimum Gasteiger partial charge on any atom is -0.464 e. The minimum absolute atomic E-state index is 0.0575. The summed E-state index contributed by atoms with van der Waals surface area (Å²) < 4.78 is 5.32. The number of benzene rings is 1. The summed E-state index contributed by atoms with van der Waals surface area (Å²) >= 11 is 0. The van der Waals surface area contributed by atoms with Gasteiger partial charge in [-0.2, -0.15) is 0 Å². The van der Waals surface area contributed by atoms with Crippen LogP contribution in [0, 0.1) is 0 Å². The molecular weight excluding hydrogens is 202 g/mol. The molecule has 2 N–H and O–H groups in total. The SMILES string of the molecule is CC(N)CCC(=O)c1coc2ccccc12. The number of para-hydroxylation sites is 1. The summed E-state index contributed by atoms with van der Waals surface area (Å²) in [7, 11) is 0. The Bertz CT molecular complexity index is 499. The van der Waals surface area contributed by atoms with Gasteiger partial charge in [-0.1, -0.05) is 18.2 Å². The average Bonchev–Trinajstić information content (AvgIpc) is 2.69. The van der Waals surface area contributed by atoms with Crippen molar-refractivity contribution >= 4 is 16.8 Å². The lowest BCUT2D eigenvalue weighted by molar-refractivity contribution is 0.0978. The molecule has 84 valence electrons. The fraction of sp³-hybridized carbons (Fsp3) is 0.308. The van der Waals surface area contributed by atoms with Crippen LogP contribution in [0.1, 0.15) is 30.1 Å². The van der Waals surface area contributed by atoms with Crippen LogP contribution in [0.15, 0.2) is 34.9 Å². The molecule has 0 bridgehead atoms. The van der Waals surface area contributed by atoms with Crippen LogP contribution < -0.4 is 5.73 Å². The van der Waals surface area contributed by atoms with Crippen molar-refractivity contribution in [2.75, 3.05) is 0 Å². The Morgan fingerprint density at radius 1 is 1.44 bits per heavy atom. The molecule has 0 saturated carbocycles. The third kappa shape index (κ3) is 2.14. The molecule has 0 fully saturated rings. The number of furan rings is 1. The second-order valence-electron chi connectivity index (χ2n) is 4.08. The molecule has 1 aromatic carbocycles. The number of carbonyl (C=O) groups excluding carboxylic acids is 1. The summed E-state index contributed by atoms with van der Waals surface area (Å²) in [6.07, 6.45) is 2.72. The quantitative estimate of drug-likeness (QED) is 0.801. The maximum absolute atomic E-state index is 11.9. The summed E-state index contributed by atoms with van der Waals surface area (Å²) in [5, 5.41) is 0.886. The van der Waals surface area contributed by atoms with Crippen LogP contribution in [0.5, 0.6) is 0 Å². The van der Waals surface area contributed by atoms with Crippen LogP contribution in [0.25, 0.3) is 11.0 Å². The Kier molecular flexibility index (Phi) is 3.06. The molecule has 0 aliphatic heterocycles. The van der Waals surface area contributed by atoms with Crippen LogP contribution >= 0.6 is 0 Å². The summed E-state index contributed by atoms with van der Waals surface area (Å²) in [6, 6.07) is 7.61. The van der Waals surface area contributed by atoms with E-state index in [1.807, 2.05) is 31.2 Å². The number of Topliss-reactive ketones (excluding diaryl/α,β-unsaturated/α-hetero) is 1. The van der Waals surface area contributed by atoms with Gasteiger partial charge in [-0.15, -0.1) is 0 Å². The zero-order valence-corrected chi connectivity index (χ0v) is 9.27. The van der Waals surface area contributed by atoms with Crippen molar-refractivity contribution in [3.05, 3.63) is 36.1 Å². The smallest absolute Gasteiger partial charge is 0.166 e. The average molecular weight is 217 g/mol. The van der Waals surface area contributed by atoms with Crippen molar-refractivity contribution in [2.24, 2.45) is 5.73 Å². The number of hydrogen-bond donors (Lipinski definition) is 1. The summed E-state index contributed by atoms with van der Waals surface area (Å²) in [4.78, 5) is 11.9. The third-order valence-electron chi connectivity index (χ3n) is 2.61. The molecule has 0 radical (unpaired) electrons. The Morgan fingerprint density at radius 2 is 2.19 bits per heavy atom. The van der Waals surface area contributed by atoms with E-state index in [0.29, 0.717) is 18.4 Å². The van der Waals surface area contributed by atoms with Gasteiger partial charge in [0.1, 0.15) is 11.8 Å². The lowest BCUT2D eigenvalue weighted by Gasteiger charge is -2.02. The molecule has 1 unspecified atom stereocenters. The highest BCUT2D eigenvalue weighted by atomic mass is 16.3. The van der Waals surface area contributed by atoms with Crippen LogP contribution in [0.3, 0.4) is 0 Å². The first-order valence-electron chi connectivity index (χ1n) is 5.43. The fourth-order valence-electron chi connectivity index (χ4n) is 1.69. The first kappa shape index (κ1) is 10.9. The highest BCUT2D eigenvalue weighted by Gasteiger charge is 2.13. The van der Waals surface area contributed by atoms with E-state index in [2.05, 4.69) is 0 Å². The number of fused-ring (bicyclic) bond motifs is 1. The Labute approximate surface area is 94.2 Å². The van der Waals surface area contributed by atoms with E-state index in [0.717, 1.165) is 11.0 Å². The third-order valence-corrected chi connectivity index (χ3v) is 2.61. The lowest BCUT2D eigenvalue weighted by atomic mass is 10.0. The molecule has 2 aromatic rings. The molecule has 3 heteroatoms. The van der Waals surface area contributed by atoms with Crippen LogP contribution in [0.2, 0.25) is 0 Å². The molecule has 2 rings (SSSR count). The first-order valence-corrected chi connectivity index (χ1v) is 5.43. The standard InChI is InChI=1S/C13H15NO2/c1-9(14)6-7-12(15)11-8-16-13-5-3-2-4-10(11)13/h2-5,8-9H,6-7,14H2,1H3. The molecule has 16 heavy (non-hydrogen) atoms. The monoisotopic (exact) mass is 217 g/mol. The van der Waals surface area contributed by atoms with Crippen LogP contribution in [-0.2, 0) is 0 Å².